The van der Waals surface area contributed by atoms with Crippen LogP contribution < -0.4 is 11.3 Å². The number of aryl methyl sites for hydroxylation is 1. The summed E-state index contributed by atoms with van der Waals surface area (Å²) in [4.78, 5) is 12.3. The Morgan fingerprint density at radius 1 is 1.21 bits per heavy atom. The number of nitrogens with zero attached hydrogens (tertiary/aromatic N) is 1. The van der Waals surface area contributed by atoms with E-state index in [0.717, 1.165) is 10.5 Å². The monoisotopic (exact) mass is 276 g/mol. The zero-order valence-electron chi connectivity index (χ0n) is 10.7. The van der Waals surface area contributed by atoms with E-state index >= 15 is 0 Å². The van der Waals surface area contributed by atoms with E-state index in [2.05, 4.69) is 0 Å². The van der Waals surface area contributed by atoms with Crippen LogP contribution in [0, 0.1) is 6.92 Å². The van der Waals surface area contributed by atoms with Crippen LogP contribution in [0.25, 0.3) is 0 Å². The summed E-state index contributed by atoms with van der Waals surface area (Å²) in [6.07, 6.45) is 1.70. The lowest BCUT2D eigenvalue weighted by atomic mass is 10.2. The van der Waals surface area contributed by atoms with Gasteiger partial charge in [-0.3, -0.25) is 9.00 Å². The smallest absolute Gasteiger partial charge is 0.250 e. The minimum Gasteiger partial charge on any atom is -0.398 e. The molecule has 1 atom stereocenters. The third-order valence-electron chi connectivity index (χ3n) is 2.99. The molecule has 0 saturated carbocycles. The molecule has 0 aliphatic rings. The molecule has 1 aromatic carbocycles. The summed E-state index contributed by atoms with van der Waals surface area (Å²) in [5.74, 6) is 0.397. The second kappa shape index (κ2) is 5.84. The number of pyridine rings is 1. The van der Waals surface area contributed by atoms with Crippen molar-refractivity contribution >= 4 is 16.5 Å². The van der Waals surface area contributed by atoms with Gasteiger partial charge in [-0.1, -0.05) is 12.1 Å². The molecule has 2 aromatic rings. The molecule has 0 bridgehead atoms. The molecular formula is C14H16N2O2S. The van der Waals surface area contributed by atoms with Gasteiger partial charge in [0.05, 0.1) is 10.8 Å². The van der Waals surface area contributed by atoms with Gasteiger partial charge < -0.3 is 10.3 Å². The highest BCUT2D eigenvalue weighted by atomic mass is 32.2. The number of hydrogen-bond donors (Lipinski definition) is 1. The topological polar surface area (TPSA) is 65.1 Å². The fourth-order valence-electron chi connectivity index (χ4n) is 1.81. The van der Waals surface area contributed by atoms with E-state index in [1.807, 2.05) is 13.0 Å². The van der Waals surface area contributed by atoms with Crippen molar-refractivity contribution in [2.75, 3.05) is 11.5 Å². The van der Waals surface area contributed by atoms with Crippen molar-refractivity contribution in [1.29, 1.82) is 0 Å². The summed E-state index contributed by atoms with van der Waals surface area (Å²) in [6.45, 7) is 2.29. The fraction of sp³-hybridized carbons (Fsp3) is 0.214. The maximum atomic E-state index is 12.2. The number of aromatic nitrogens is 1. The van der Waals surface area contributed by atoms with Crippen molar-refractivity contribution < 1.29 is 4.21 Å². The molecule has 0 aliphatic carbocycles. The first-order valence-electron chi connectivity index (χ1n) is 5.98. The third-order valence-corrected chi connectivity index (χ3v) is 4.47. The number of benzene rings is 1. The molecule has 0 fully saturated rings. The Balaban J connectivity index is 2.12. The van der Waals surface area contributed by atoms with Gasteiger partial charge in [0, 0.05) is 35.1 Å². The van der Waals surface area contributed by atoms with Crippen LogP contribution in [-0.2, 0) is 17.3 Å². The van der Waals surface area contributed by atoms with E-state index in [0.29, 0.717) is 18.0 Å². The number of rotatable bonds is 4. The standard InChI is InChI=1S/C14H16N2O2S/c1-11-12(15)5-4-6-13(11)19(18)10-9-16-8-3-2-7-14(16)17/h2-8H,9-10,15H2,1H3. The van der Waals surface area contributed by atoms with Crippen molar-refractivity contribution in [1.82, 2.24) is 4.57 Å². The number of anilines is 1. The number of nitrogens with two attached hydrogens (primary N) is 1. The van der Waals surface area contributed by atoms with Crippen LogP contribution in [0.2, 0.25) is 0 Å². The first-order chi connectivity index (χ1) is 9.09. The molecule has 0 spiro atoms. The Morgan fingerprint density at radius 3 is 2.74 bits per heavy atom. The molecule has 19 heavy (non-hydrogen) atoms. The maximum absolute atomic E-state index is 12.2. The number of hydrogen-bond acceptors (Lipinski definition) is 3. The van der Waals surface area contributed by atoms with Crippen LogP contribution in [0.3, 0.4) is 0 Å². The zero-order chi connectivity index (χ0) is 13.8. The molecular weight excluding hydrogens is 260 g/mol. The van der Waals surface area contributed by atoms with Crippen LogP contribution in [0.4, 0.5) is 5.69 Å². The Morgan fingerprint density at radius 2 is 2.00 bits per heavy atom. The molecule has 0 aliphatic heterocycles. The molecule has 0 radical (unpaired) electrons. The lowest BCUT2D eigenvalue weighted by Crippen LogP contribution is -2.21. The van der Waals surface area contributed by atoms with E-state index in [1.165, 1.54) is 6.07 Å². The predicted octanol–water partition coefficient (Wildman–Crippen LogP) is 1.55. The molecule has 2 rings (SSSR count). The zero-order valence-corrected chi connectivity index (χ0v) is 11.5. The van der Waals surface area contributed by atoms with Crippen LogP contribution in [0.5, 0.6) is 0 Å². The fourth-order valence-corrected chi connectivity index (χ4v) is 3.09. The summed E-state index contributed by atoms with van der Waals surface area (Å²) < 4.78 is 13.8. The lowest BCUT2D eigenvalue weighted by Gasteiger charge is -2.09. The Bertz CT molecular complexity index is 664. The largest absolute Gasteiger partial charge is 0.398 e. The second-order valence-corrected chi connectivity index (χ2v) is 5.79. The van der Waals surface area contributed by atoms with Crippen LogP contribution in [0.15, 0.2) is 52.3 Å². The predicted molar refractivity (Wildman–Crippen MR) is 77.6 cm³/mol. The van der Waals surface area contributed by atoms with Crippen molar-refractivity contribution in [2.45, 2.75) is 18.4 Å². The molecule has 5 heteroatoms. The van der Waals surface area contributed by atoms with Gasteiger partial charge in [0.15, 0.2) is 0 Å². The minimum absolute atomic E-state index is 0.0798. The summed E-state index contributed by atoms with van der Waals surface area (Å²) in [6, 6.07) is 10.4. The van der Waals surface area contributed by atoms with Gasteiger partial charge in [-0.25, -0.2) is 0 Å². The molecule has 2 N–H and O–H groups in total. The van der Waals surface area contributed by atoms with Crippen molar-refractivity contribution in [3.8, 4) is 0 Å². The first-order valence-corrected chi connectivity index (χ1v) is 7.30. The minimum atomic E-state index is -1.15. The highest BCUT2D eigenvalue weighted by Gasteiger charge is 2.09. The van der Waals surface area contributed by atoms with Crippen LogP contribution in [-0.4, -0.2) is 14.5 Å². The summed E-state index contributed by atoms with van der Waals surface area (Å²) >= 11 is 0. The molecule has 4 nitrogen and oxygen atoms in total. The summed E-state index contributed by atoms with van der Waals surface area (Å²) in [5.41, 5.74) is 7.21. The maximum Gasteiger partial charge on any atom is 0.250 e. The molecule has 1 unspecified atom stereocenters. The van der Waals surface area contributed by atoms with Crippen LogP contribution in [0.1, 0.15) is 5.56 Å². The summed E-state index contributed by atoms with van der Waals surface area (Å²) in [7, 11) is -1.15. The average molecular weight is 276 g/mol. The Hall–Kier alpha value is -1.88. The van der Waals surface area contributed by atoms with E-state index in [1.54, 1.807) is 35.0 Å². The van der Waals surface area contributed by atoms with Crippen molar-refractivity contribution in [3.05, 3.63) is 58.5 Å². The van der Waals surface area contributed by atoms with E-state index in [-0.39, 0.29) is 5.56 Å². The third kappa shape index (κ3) is 3.12. The quantitative estimate of drug-likeness (QED) is 0.862. The van der Waals surface area contributed by atoms with Crippen LogP contribution >= 0.6 is 0 Å². The van der Waals surface area contributed by atoms with Gasteiger partial charge in [-0.15, -0.1) is 0 Å². The molecule has 1 aromatic heterocycles. The lowest BCUT2D eigenvalue weighted by molar-refractivity contribution is 0.668. The van der Waals surface area contributed by atoms with Crippen molar-refractivity contribution in [2.24, 2.45) is 0 Å². The Labute approximate surface area is 114 Å². The van der Waals surface area contributed by atoms with Gasteiger partial charge >= 0.3 is 0 Å². The van der Waals surface area contributed by atoms with E-state index in [9.17, 15) is 9.00 Å². The average Bonchev–Trinajstić information content (AvgIpc) is 2.40. The summed E-state index contributed by atoms with van der Waals surface area (Å²) in [5, 5.41) is 0. The second-order valence-electron chi connectivity index (χ2n) is 4.25. The van der Waals surface area contributed by atoms with Gasteiger partial charge in [0.2, 0.25) is 0 Å². The molecule has 100 valence electrons. The first kappa shape index (κ1) is 13.5. The van der Waals surface area contributed by atoms with Gasteiger partial charge in [0.25, 0.3) is 5.56 Å². The molecule has 0 saturated heterocycles. The highest BCUT2D eigenvalue weighted by Crippen LogP contribution is 2.19. The van der Waals surface area contributed by atoms with E-state index < -0.39 is 10.8 Å². The Kier molecular flexibility index (Phi) is 4.16. The van der Waals surface area contributed by atoms with E-state index in [4.69, 9.17) is 5.73 Å². The normalized spacial score (nSPS) is 12.3. The molecule has 1 heterocycles. The van der Waals surface area contributed by atoms with Gasteiger partial charge in [-0.2, -0.15) is 0 Å². The van der Waals surface area contributed by atoms with Gasteiger partial charge in [-0.05, 0) is 30.7 Å². The van der Waals surface area contributed by atoms with Gasteiger partial charge in [0.1, 0.15) is 0 Å². The van der Waals surface area contributed by atoms with Crippen molar-refractivity contribution in [3.63, 3.8) is 0 Å². The molecule has 0 amide bonds. The number of nitrogen functional groups attached to an aromatic ring is 1. The SMILES string of the molecule is Cc1c(N)cccc1S(=O)CCn1ccccc1=O. The highest BCUT2D eigenvalue weighted by molar-refractivity contribution is 7.85.